The molecule has 2 aromatic rings. The molecule has 0 spiro atoms. The lowest BCUT2D eigenvalue weighted by Crippen LogP contribution is -2.62. The molecular formula is C27H29F4N3O2S2. The predicted octanol–water partition coefficient (Wildman–Crippen LogP) is 4.65. The van der Waals surface area contributed by atoms with Crippen LogP contribution in [0.5, 0.6) is 0 Å². The number of nitrogens with one attached hydrogen (secondary N) is 2. The maximum atomic E-state index is 14.9. The number of amides is 2. The molecule has 0 aliphatic carbocycles. The Morgan fingerprint density at radius 1 is 1.11 bits per heavy atom. The van der Waals surface area contributed by atoms with Gasteiger partial charge in [-0.05, 0) is 48.9 Å². The number of hydrogen-bond donors (Lipinski definition) is 3. The summed E-state index contributed by atoms with van der Waals surface area (Å²) in [5.41, 5.74) is 1.65. The molecule has 0 unspecified atom stereocenters. The van der Waals surface area contributed by atoms with Gasteiger partial charge in [0.1, 0.15) is 11.7 Å². The monoisotopic (exact) mass is 567 g/mol. The van der Waals surface area contributed by atoms with Crippen molar-refractivity contribution in [3.63, 3.8) is 0 Å². The van der Waals surface area contributed by atoms with Gasteiger partial charge < -0.3 is 11.1 Å². The van der Waals surface area contributed by atoms with Crippen LogP contribution in [0.15, 0.2) is 53.4 Å². The highest BCUT2D eigenvalue weighted by atomic mass is 32.2. The lowest BCUT2D eigenvalue weighted by atomic mass is 9.86. The summed E-state index contributed by atoms with van der Waals surface area (Å²) in [5, 5.41) is 4.73. The van der Waals surface area contributed by atoms with Crippen LogP contribution in [0.2, 0.25) is 0 Å². The van der Waals surface area contributed by atoms with E-state index in [0.717, 1.165) is 36.1 Å². The van der Waals surface area contributed by atoms with Gasteiger partial charge in [-0.2, -0.15) is 13.2 Å². The average molecular weight is 568 g/mol. The topological polar surface area (TPSA) is 84.2 Å². The van der Waals surface area contributed by atoms with Gasteiger partial charge in [-0.1, -0.05) is 48.2 Å². The first-order valence-corrected chi connectivity index (χ1v) is 14.1. The molecule has 2 amide bonds. The van der Waals surface area contributed by atoms with E-state index in [1.54, 1.807) is 23.9 Å². The van der Waals surface area contributed by atoms with Gasteiger partial charge in [-0.25, -0.2) is 4.39 Å². The first-order valence-electron chi connectivity index (χ1n) is 11.7. The van der Waals surface area contributed by atoms with E-state index in [-0.39, 0.29) is 17.1 Å². The summed E-state index contributed by atoms with van der Waals surface area (Å²) in [6.07, 6.45) is -3.64. The van der Waals surface area contributed by atoms with Crippen LogP contribution in [0.25, 0.3) is 11.1 Å². The van der Waals surface area contributed by atoms with Crippen molar-refractivity contribution in [2.45, 2.75) is 54.6 Å². The van der Waals surface area contributed by atoms with Crippen molar-refractivity contribution in [2.24, 2.45) is 5.73 Å². The molecule has 5 nitrogen and oxygen atoms in total. The van der Waals surface area contributed by atoms with Crippen molar-refractivity contribution >= 4 is 35.3 Å². The van der Waals surface area contributed by atoms with Crippen molar-refractivity contribution in [1.29, 1.82) is 0 Å². The molecule has 0 aromatic heterocycles. The van der Waals surface area contributed by atoms with E-state index in [4.69, 9.17) is 5.73 Å². The maximum absolute atomic E-state index is 14.9. The second kappa shape index (κ2) is 12.0. The van der Waals surface area contributed by atoms with E-state index >= 15 is 0 Å². The smallest absolute Gasteiger partial charge is 0.368 e. The van der Waals surface area contributed by atoms with Crippen molar-refractivity contribution < 1.29 is 27.2 Å². The first-order chi connectivity index (χ1) is 17.8. The standard InChI is InChI=1S/C27H29F4N3O2S2/c1-25(2,28)15-21-24(36)33-22(23(32)35)16-38-14-4-13-26(34-21,27(29,30)31)19-9-5-17(6-10-19)18-7-11-20(37-3)12-8-18/h5-12,21-22,34H,14-16H2,1-3H3,(H2,32,35)(H,33,36)/t21-,22-,26-/m0/s1. The number of nitrogens with two attached hydrogens (primary N) is 1. The minimum Gasteiger partial charge on any atom is -0.368 e. The lowest BCUT2D eigenvalue weighted by Gasteiger charge is -2.37. The summed E-state index contributed by atoms with van der Waals surface area (Å²) in [4.78, 5) is 26.0. The van der Waals surface area contributed by atoms with Crippen LogP contribution in [0.3, 0.4) is 0 Å². The van der Waals surface area contributed by atoms with Crippen LogP contribution in [0, 0.1) is 11.8 Å². The number of carbonyl (C=O) groups is 2. The molecule has 4 N–H and O–H groups in total. The highest BCUT2D eigenvalue weighted by Crippen LogP contribution is 2.41. The number of benzene rings is 2. The SMILES string of the molecule is CSc1ccc(-c2ccc([C@]3(C(F)(F)F)C#CCSC[C@@H](C(N)=O)NC(=O)[C@H](CC(C)(C)F)N3)cc2)cc1. The summed E-state index contributed by atoms with van der Waals surface area (Å²) in [7, 11) is 0. The number of thioether (sulfide) groups is 2. The fourth-order valence-corrected chi connectivity index (χ4v) is 5.21. The molecule has 0 radical (unpaired) electrons. The molecule has 204 valence electrons. The van der Waals surface area contributed by atoms with E-state index in [0.29, 0.717) is 5.56 Å². The number of carbonyl (C=O) groups excluding carboxylic acids is 2. The molecule has 38 heavy (non-hydrogen) atoms. The summed E-state index contributed by atoms with van der Waals surface area (Å²) in [6.45, 7) is 2.32. The third-order valence-corrected chi connectivity index (χ3v) is 7.62. The lowest BCUT2D eigenvalue weighted by molar-refractivity contribution is -0.185. The molecule has 0 fully saturated rings. The molecule has 3 atom stereocenters. The zero-order chi connectivity index (χ0) is 28.1. The first kappa shape index (κ1) is 29.9. The van der Waals surface area contributed by atoms with Gasteiger partial charge in [-0.3, -0.25) is 14.9 Å². The number of rotatable bonds is 6. The van der Waals surface area contributed by atoms with Gasteiger partial charge in [0.05, 0.1) is 11.8 Å². The average Bonchev–Trinajstić information content (AvgIpc) is 2.87. The van der Waals surface area contributed by atoms with Crippen LogP contribution in [-0.4, -0.2) is 53.5 Å². The number of hydrogen-bond acceptors (Lipinski definition) is 5. The molecule has 1 heterocycles. The Bertz CT molecular complexity index is 1200. The predicted molar refractivity (Wildman–Crippen MR) is 144 cm³/mol. The van der Waals surface area contributed by atoms with Gasteiger partial charge in [0.15, 0.2) is 0 Å². The van der Waals surface area contributed by atoms with Crippen molar-refractivity contribution in [3.05, 3.63) is 54.1 Å². The summed E-state index contributed by atoms with van der Waals surface area (Å²) in [5.74, 6) is 3.01. The largest absolute Gasteiger partial charge is 0.422 e. The van der Waals surface area contributed by atoms with Crippen LogP contribution in [-0.2, 0) is 15.1 Å². The molecule has 0 bridgehead atoms. The number of alkyl halides is 4. The van der Waals surface area contributed by atoms with Crippen molar-refractivity contribution in [2.75, 3.05) is 17.8 Å². The van der Waals surface area contributed by atoms with Crippen molar-refractivity contribution in [3.8, 4) is 23.0 Å². The second-order valence-corrected chi connectivity index (χ2v) is 11.4. The Labute approximate surface area is 228 Å². The Hall–Kier alpha value is -2.68. The zero-order valence-electron chi connectivity index (χ0n) is 21.1. The summed E-state index contributed by atoms with van der Waals surface area (Å²) in [6, 6.07) is 10.5. The van der Waals surface area contributed by atoms with Gasteiger partial charge in [0.2, 0.25) is 17.4 Å². The molecule has 1 aliphatic heterocycles. The molecule has 11 heteroatoms. The molecule has 3 rings (SSSR count). The third kappa shape index (κ3) is 7.24. The molecule has 2 aromatic carbocycles. The number of primary amides is 1. The Kier molecular flexibility index (Phi) is 9.44. The third-order valence-electron chi connectivity index (χ3n) is 5.96. The van der Waals surface area contributed by atoms with Gasteiger partial charge >= 0.3 is 6.18 Å². The van der Waals surface area contributed by atoms with Crippen LogP contribution < -0.4 is 16.4 Å². The summed E-state index contributed by atoms with van der Waals surface area (Å²) < 4.78 is 59.4. The van der Waals surface area contributed by atoms with Gasteiger partial charge in [0.25, 0.3) is 0 Å². The fourth-order valence-electron chi connectivity index (χ4n) is 4.02. The Morgan fingerprint density at radius 3 is 2.18 bits per heavy atom. The van der Waals surface area contributed by atoms with E-state index in [2.05, 4.69) is 22.5 Å². The molecule has 0 saturated carbocycles. The van der Waals surface area contributed by atoms with Crippen LogP contribution >= 0.6 is 23.5 Å². The van der Waals surface area contributed by atoms with E-state index in [1.807, 2.05) is 30.5 Å². The Balaban J connectivity index is 2.10. The second-order valence-electron chi connectivity index (χ2n) is 9.45. The minimum absolute atomic E-state index is 0.0184. The highest BCUT2D eigenvalue weighted by Gasteiger charge is 2.57. The molecular weight excluding hydrogens is 538 g/mol. The van der Waals surface area contributed by atoms with Crippen LogP contribution in [0.4, 0.5) is 17.6 Å². The van der Waals surface area contributed by atoms with E-state index < -0.39 is 47.7 Å². The van der Waals surface area contributed by atoms with E-state index in [1.165, 1.54) is 12.1 Å². The quantitative estimate of drug-likeness (QED) is 0.269. The van der Waals surface area contributed by atoms with Gasteiger partial charge in [0, 0.05) is 17.1 Å². The van der Waals surface area contributed by atoms with Crippen molar-refractivity contribution in [1.82, 2.24) is 10.6 Å². The summed E-state index contributed by atoms with van der Waals surface area (Å²) >= 11 is 2.64. The normalized spacial score (nSPS) is 23.0. The zero-order valence-corrected chi connectivity index (χ0v) is 22.8. The van der Waals surface area contributed by atoms with Gasteiger partial charge in [-0.15, -0.1) is 23.5 Å². The molecule has 1 aliphatic rings. The minimum atomic E-state index is -4.98. The Morgan fingerprint density at radius 2 is 1.68 bits per heavy atom. The highest BCUT2D eigenvalue weighted by molar-refractivity contribution is 7.99. The number of halogens is 4. The fraction of sp³-hybridized carbons (Fsp3) is 0.407. The molecule has 0 saturated heterocycles. The maximum Gasteiger partial charge on any atom is 0.422 e. The van der Waals surface area contributed by atoms with Crippen LogP contribution in [0.1, 0.15) is 25.8 Å². The van der Waals surface area contributed by atoms with E-state index in [9.17, 15) is 27.2 Å².